The van der Waals surface area contributed by atoms with Gasteiger partial charge < -0.3 is 15.0 Å². The highest BCUT2D eigenvalue weighted by Crippen LogP contribution is 2.34. The van der Waals surface area contributed by atoms with Crippen LogP contribution in [0.15, 0.2) is 18.2 Å². The van der Waals surface area contributed by atoms with Crippen LogP contribution in [0.4, 0.5) is 17.1 Å². The standard InChI is InChI=1S/C12H19N3O3/c1-13-10-6-4-7-11(12(10)15(16)17)14(2)8-5-9-18-3/h4,6-7,13H,5,8-9H2,1-3H3. The highest BCUT2D eigenvalue weighted by atomic mass is 16.6. The Bertz CT molecular complexity index is 410. The van der Waals surface area contributed by atoms with E-state index in [-0.39, 0.29) is 10.6 Å². The van der Waals surface area contributed by atoms with E-state index in [1.807, 2.05) is 11.9 Å². The van der Waals surface area contributed by atoms with Crippen molar-refractivity contribution in [1.29, 1.82) is 0 Å². The van der Waals surface area contributed by atoms with Crippen molar-refractivity contribution in [3.63, 3.8) is 0 Å². The van der Waals surface area contributed by atoms with Gasteiger partial charge in [-0.3, -0.25) is 10.1 Å². The summed E-state index contributed by atoms with van der Waals surface area (Å²) in [4.78, 5) is 12.7. The molecule has 0 aliphatic carbocycles. The Hall–Kier alpha value is -1.82. The summed E-state index contributed by atoms with van der Waals surface area (Å²) in [6, 6.07) is 5.26. The number of hydrogen-bond donors (Lipinski definition) is 1. The first kappa shape index (κ1) is 14.2. The van der Waals surface area contributed by atoms with Gasteiger partial charge >= 0.3 is 5.69 Å². The number of para-hydroxylation sites is 1. The van der Waals surface area contributed by atoms with Gasteiger partial charge in [0, 0.05) is 34.4 Å². The van der Waals surface area contributed by atoms with Crippen LogP contribution in [0.25, 0.3) is 0 Å². The van der Waals surface area contributed by atoms with Crippen LogP contribution >= 0.6 is 0 Å². The van der Waals surface area contributed by atoms with Crippen molar-refractivity contribution < 1.29 is 9.66 Å². The molecule has 0 aromatic heterocycles. The minimum Gasteiger partial charge on any atom is -0.385 e. The first-order valence-electron chi connectivity index (χ1n) is 5.77. The van der Waals surface area contributed by atoms with Crippen molar-refractivity contribution in [3.8, 4) is 0 Å². The maximum Gasteiger partial charge on any atom is 0.315 e. The summed E-state index contributed by atoms with van der Waals surface area (Å²) in [6.45, 7) is 1.35. The van der Waals surface area contributed by atoms with Crippen molar-refractivity contribution in [2.24, 2.45) is 0 Å². The molecule has 6 nitrogen and oxygen atoms in total. The minimum atomic E-state index is -0.353. The molecule has 0 amide bonds. The van der Waals surface area contributed by atoms with Crippen molar-refractivity contribution in [3.05, 3.63) is 28.3 Å². The molecule has 0 saturated carbocycles. The molecule has 0 heterocycles. The average Bonchev–Trinajstić information content (AvgIpc) is 2.37. The molecule has 18 heavy (non-hydrogen) atoms. The lowest BCUT2D eigenvalue weighted by molar-refractivity contribution is -0.383. The highest BCUT2D eigenvalue weighted by molar-refractivity contribution is 5.76. The average molecular weight is 253 g/mol. The molecule has 1 aromatic carbocycles. The predicted octanol–water partition coefficient (Wildman–Crippen LogP) is 2.11. The smallest absolute Gasteiger partial charge is 0.315 e. The lowest BCUT2D eigenvalue weighted by atomic mass is 10.2. The van der Waals surface area contributed by atoms with Crippen LogP contribution in [-0.4, -0.2) is 39.3 Å². The van der Waals surface area contributed by atoms with Crippen molar-refractivity contribution in [2.45, 2.75) is 6.42 Å². The topological polar surface area (TPSA) is 67.6 Å². The molecule has 0 aliphatic rings. The van der Waals surface area contributed by atoms with E-state index in [9.17, 15) is 10.1 Å². The monoisotopic (exact) mass is 253 g/mol. The summed E-state index contributed by atoms with van der Waals surface area (Å²) in [5.74, 6) is 0. The van der Waals surface area contributed by atoms with E-state index in [0.29, 0.717) is 24.5 Å². The normalized spacial score (nSPS) is 10.2. The summed E-state index contributed by atoms with van der Waals surface area (Å²) < 4.78 is 4.98. The molecule has 1 rings (SSSR count). The number of nitro benzene ring substituents is 1. The van der Waals surface area contributed by atoms with Crippen LogP contribution in [-0.2, 0) is 4.74 Å². The Morgan fingerprint density at radius 1 is 1.50 bits per heavy atom. The molecular weight excluding hydrogens is 234 g/mol. The van der Waals surface area contributed by atoms with Gasteiger partial charge in [-0.05, 0) is 18.6 Å². The van der Waals surface area contributed by atoms with Crippen LogP contribution in [0.2, 0.25) is 0 Å². The van der Waals surface area contributed by atoms with Gasteiger partial charge in [-0.1, -0.05) is 6.07 Å². The third-order valence-corrected chi connectivity index (χ3v) is 2.72. The van der Waals surface area contributed by atoms with Crippen molar-refractivity contribution in [2.75, 3.05) is 44.6 Å². The first-order chi connectivity index (χ1) is 8.61. The molecule has 0 fully saturated rings. The first-order valence-corrected chi connectivity index (χ1v) is 5.77. The van der Waals surface area contributed by atoms with Crippen LogP contribution in [0.1, 0.15) is 6.42 Å². The van der Waals surface area contributed by atoms with Gasteiger partial charge in [0.2, 0.25) is 0 Å². The summed E-state index contributed by atoms with van der Waals surface area (Å²) in [7, 11) is 5.17. The molecule has 1 N–H and O–H groups in total. The number of ether oxygens (including phenoxy) is 1. The van der Waals surface area contributed by atoms with Gasteiger partial charge in [-0.25, -0.2) is 0 Å². The van der Waals surface area contributed by atoms with Gasteiger partial charge in [0.15, 0.2) is 0 Å². The number of methoxy groups -OCH3 is 1. The fourth-order valence-corrected chi connectivity index (χ4v) is 1.80. The number of anilines is 2. The maximum atomic E-state index is 11.2. The zero-order valence-corrected chi connectivity index (χ0v) is 11.0. The third kappa shape index (κ3) is 3.33. The van der Waals surface area contributed by atoms with Crippen LogP contribution < -0.4 is 10.2 Å². The van der Waals surface area contributed by atoms with Crippen molar-refractivity contribution in [1.82, 2.24) is 0 Å². The summed E-state index contributed by atoms with van der Waals surface area (Å²) >= 11 is 0. The lowest BCUT2D eigenvalue weighted by Crippen LogP contribution is -2.21. The van der Waals surface area contributed by atoms with Gasteiger partial charge in [0.05, 0.1) is 4.92 Å². The van der Waals surface area contributed by atoms with E-state index in [1.165, 1.54) is 0 Å². The second kappa shape index (κ2) is 6.80. The number of nitrogens with zero attached hydrogens (tertiary/aromatic N) is 2. The Morgan fingerprint density at radius 2 is 2.22 bits per heavy atom. The molecule has 0 spiro atoms. The van der Waals surface area contributed by atoms with Gasteiger partial charge in [-0.15, -0.1) is 0 Å². The molecule has 6 heteroatoms. The number of rotatable bonds is 7. The van der Waals surface area contributed by atoms with E-state index in [4.69, 9.17) is 4.74 Å². The summed E-state index contributed by atoms with van der Waals surface area (Å²) in [6.07, 6.45) is 0.827. The Kier molecular flexibility index (Phi) is 5.38. The second-order valence-corrected chi connectivity index (χ2v) is 3.95. The van der Waals surface area contributed by atoms with Gasteiger partial charge in [0.1, 0.15) is 11.4 Å². The predicted molar refractivity (Wildman–Crippen MR) is 72.4 cm³/mol. The van der Waals surface area contributed by atoms with E-state index < -0.39 is 0 Å². The molecule has 0 radical (unpaired) electrons. The third-order valence-electron chi connectivity index (χ3n) is 2.72. The van der Waals surface area contributed by atoms with Crippen LogP contribution in [0.3, 0.4) is 0 Å². The minimum absolute atomic E-state index is 0.111. The van der Waals surface area contributed by atoms with Crippen LogP contribution in [0.5, 0.6) is 0 Å². The molecule has 0 saturated heterocycles. The summed E-state index contributed by atoms with van der Waals surface area (Å²) in [5.41, 5.74) is 1.25. The van der Waals surface area contributed by atoms with Gasteiger partial charge in [-0.2, -0.15) is 0 Å². The zero-order chi connectivity index (χ0) is 13.5. The summed E-state index contributed by atoms with van der Waals surface area (Å²) in [5, 5.41) is 14.0. The van der Waals surface area contributed by atoms with E-state index >= 15 is 0 Å². The highest BCUT2D eigenvalue weighted by Gasteiger charge is 2.21. The quantitative estimate of drug-likeness (QED) is 0.458. The number of benzene rings is 1. The molecule has 0 aliphatic heterocycles. The SMILES string of the molecule is CNc1cccc(N(C)CCCOC)c1[N+](=O)[O-]. The largest absolute Gasteiger partial charge is 0.385 e. The molecular formula is C12H19N3O3. The fourth-order valence-electron chi connectivity index (χ4n) is 1.80. The van der Waals surface area contributed by atoms with Crippen molar-refractivity contribution >= 4 is 17.1 Å². The number of hydrogen-bond acceptors (Lipinski definition) is 5. The zero-order valence-electron chi connectivity index (χ0n) is 11.0. The molecule has 0 atom stereocenters. The van der Waals surface area contributed by atoms with Gasteiger partial charge in [0.25, 0.3) is 0 Å². The van der Waals surface area contributed by atoms with Crippen LogP contribution in [0, 0.1) is 10.1 Å². The molecule has 0 bridgehead atoms. The van der Waals surface area contributed by atoms with E-state index in [0.717, 1.165) is 6.42 Å². The fraction of sp³-hybridized carbons (Fsp3) is 0.500. The van der Waals surface area contributed by atoms with E-state index in [1.54, 1.807) is 32.4 Å². The second-order valence-electron chi connectivity index (χ2n) is 3.95. The number of nitro groups is 1. The Labute approximate surface area is 107 Å². The molecule has 0 unspecified atom stereocenters. The van der Waals surface area contributed by atoms with E-state index in [2.05, 4.69) is 5.32 Å². The lowest BCUT2D eigenvalue weighted by Gasteiger charge is -2.19. The molecule has 100 valence electrons. The number of nitrogens with one attached hydrogen (secondary N) is 1. The Balaban J connectivity index is 2.96. The molecule has 1 aromatic rings. The maximum absolute atomic E-state index is 11.2. The Morgan fingerprint density at radius 3 is 2.78 bits per heavy atom.